The minimum absolute atomic E-state index is 0.172. The van der Waals surface area contributed by atoms with Crippen LogP contribution in [0.25, 0.3) is 10.8 Å². The monoisotopic (exact) mass is 226 g/mol. The Bertz CT molecular complexity index is 614. The van der Waals surface area contributed by atoms with Crippen molar-refractivity contribution in [1.82, 2.24) is 0 Å². The van der Waals surface area contributed by atoms with Crippen LogP contribution in [0.1, 0.15) is 6.42 Å². The maximum atomic E-state index is 11.3. The molecular formula is C13H10N2O2. The zero-order valence-electron chi connectivity index (χ0n) is 8.97. The molecule has 0 heterocycles. The number of phenols is 1. The van der Waals surface area contributed by atoms with Gasteiger partial charge in [0.15, 0.2) is 0 Å². The minimum atomic E-state index is -0.340. The van der Waals surface area contributed by atoms with Crippen LogP contribution in [0, 0.1) is 11.3 Å². The first-order valence-electron chi connectivity index (χ1n) is 5.09. The molecule has 4 heteroatoms. The van der Waals surface area contributed by atoms with Gasteiger partial charge >= 0.3 is 0 Å². The molecule has 0 aromatic heterocycles. The van der Waals surface area contributed by atoms with Gasteiger partial charge in [0.2, 0.25) is 5.91 Å². The van der Waals surface area contributed by atoms with Gasteiger partial charge in [-0.15, -0.1) is 0 Å². The van der Waals surface area contributed by atoms with Gasteiger partial charge < -0.3 is 10.4 Å². The summed E-state index contributed by atoms with van der Waals surface area (Å²) in [5.74, 6) is -0.161. The summed E-state index contributed by atoms with van der Waals surface area (Å²) in [4.78, 5) is 11.3. The van der Waals surface area contributed by atoms with Crippen molar-refractivity contribution in [3.63, 3.8) is 0 Å². The van der Waals surface area contributed by atoms with Crippen molar-refractivity contribution in [1.29, 1.82) is 5.26 Å². The van der Waals surface area contributed by atoms with Gasteiger partial charge in [-0.05, 0) is 29.7 Å². The predicted octanol–water partition coefficient (Wildman–Crippen LogP) is 2.40. The van der Waals surface area contributed by atoms with Crippen LogP contribution in [-0.4, -0.2) is 11.0 Å². The highest BCUT2D eigenvalue weighted by Crippen LogP contribution is 2.26. The standard InChI is InChI=1S/C13H10N2O2/c14-7-6-13(17)15-12-3-1-2-9-8-10(16)4-5-11(9)12/h1-5,8,16H,6H2,(H,15,17). The Labute approximate surface area is 98.1 Å². The lowest BCUT2D eigenvalue weighted by Gasteiger charge is -2.07. The minimum Gasteiger partial charge on any atom is -0.508 e. The molecular weight excluding hydrogens is 216 g/mol. The Morgan fingerprint density at radius 3 is 2.94 bits per heavy atom. The third kappa shape index (κ3) is 2.34. The SMILES string of the molecule is N#CCC(=O)Nc1cccc2cc(O)ccc12. The molecule has 0 aliphatic carbocycles. The average Bonchev–Trinajstić information content (AvgIpc) is 2.29. The van der Waals surface area contributed by atoms with Gasteiger partial charge in [0.05, 0.1) is 6.07 Å². The van der Waals surface area contributed by atoms with E-state index in [4.69, 9.17) is 5.26 Å². The fourth-order valence-electron chi connectivity index (χ4n) is 1.65. The molecule has 0 spiro atoms. The number of benzene rings is 2. The molecule has 4 nitrogen and oxygen atoms in total. The van der Waals surface area contributed by atoms with Crippen LogP contribution in [0.2, 0.25) is 0 Å². The van der Waals surface area contributed by atoms with Crippen molar-refractivity contribution in [2.75, 3.05) is 5.32 Å². The van der Waals surface area contributed by atoms with Gasteiger partial charge in [-0.3, -0.25) is 4.79 Å². The second-order valence-electron chi connectivity index (χ2n) is 3.59. The molecule has 2 N–H and O–H groups in total. The number of anilines is 1. The number of hydrogen-bond donors (Lipinski definition) is 2. The normalized spacial score (nSPS) is 9.82. The summed E-state index contributed by atoms with van der Waals surface area (Å²) in [5.41, 5.74) is 0.641. The largest absolute Gasteiger partial charge is 0.508 e. The molecule has 0 saturated carbocycles. The smallest absolute Gasteiger partial charge is 0.238 e. The number of rotatable bonds is 2. The summed E-state index contributed by atoms with van der Waals surface area (Å²) < 4.78 is 0. The Kier molecular flexibility index (Phi) is 2.93. The Morgan fingerprint density at radius 1 is 1.35 bits per heavy atom. The van der Waals surface area contributed by atoms with Crippen molar-refractivity contribution in [2.45, 2.75) is 6.42 Å². The number of amides is 1. The Morgan fingerprint density at radius 2 is 2.18 bits per heavy atom. The highest BCUT2D eigenvalue weighted by molar-refractivity contribution is 6.02. The highest BCUT2D eigenvalue weighted by Gasteiger charge is 2.05. The first-order valence-corrected chi connectivity index (χ1v) is 5.09. The number of fused-ring (bicyclic) bond motifs is 1. The van der Waals surface area contributed by atoms with Crippen molar-refractivity contribution < 1.29 is 9.90 Å². The van der Waals surface area contributed by atoms with E-state index in [0.717, 1.165) is 10.8 Å². The maximum Gasteiger partial charge on any atom is 0.238 e. The van der Waals surface area contributed by atoms with Crippen molar-refractivity contribution in [3.8, 4) is 11.8 Å². The van der Waals surface area contributed by atoms with Gasteiger partial charge in [0.1, 0.15) is 12.2 Å². The van der Waals surface area contributed by atoms with E-state index in [0.29, 0.717) is 5.69 Å². The molecule has 0 atom stereocenters. The molecule has 84 valence electrons. The molecule has 2 aromatic carbocycles. The first-order chi connectivity index (χ1) is 8.20. The summed E-state index contributed by atoms with van der Waals surface area (Å²) in [6.45, 7) is 0. The third-order valence-corrected chi connectivity index (χ3v) is 2.38. The number of aromatic hydroxyl groups is 1. The van der Waals surface area contributed by atoms with Crippen molar-refractivity contribution >= 4 is 22.4 Å². The van der Waals surface area contributed by atoms with E-state index in [1.807, 2.05) is 6.07 Å². The lowest BCUT2D eigenvalue weighted by Crippen LogP contribution is -2.10. The molecule has 0 aliphatic heterocycles. The zero-order valence-corrected chi connectivity index (χ0v) is 8.97. The van der Waals surface area contributed by atoms with Gasteiger partial charge in [-0.2, -0.15) is 5.26 Å². The van der Waals surface area contributed by atoms with E-state index in [9.17, 15) is 9.90 Å². The molecule has 17 heavy (non-hydrogen) atoms. The van der Waals surface area contributed by atoms with Crippen molar-refractivity contribution in [3.05, 3.63) is 36.4 Å². The van der Waals surface area contributed by atoms with Crippen LogP contribution < -0.4 is 5.32 Å². The number of carbonyl (C=O) groups excluding carboxylic acids is 1. The molecule has 0 radical (unpaired) electrons. The topological polar surface area (TPSA) is 73.1 Å². The molecule has 2 rings (SSSR count). The number of phenolic OH excluding ortho intramolecular Hbond substituents is 1. The number of nitriles is 1. The average molecular weight is 226 g/mol. The van der Waals surface area contributed by atoms with Crippen LogP contribution in [0.5, 0.6) is 5.75 Å². The molecule has 0 saturated heterocycles. The highest BCUT2D eigenvalue weighted by atomic mass is 16.3. The van der Waals surface area contributed by atoms with Gasteiger partial charge in [0, 0.05) is 11.1 Å². The lowest BCUT2D eigenvalue weighted by atomic mass is 10.1. The third-order valence-electron chi connectivity index (χ3n) is 2.38. The summed E-state index contributed by atoms with van der Waals surface area (Å²) in [7, 11) is 0. The van der Waals surface area contributed by atoms with Crippen LogP contribution in [0.4, 0.5) is 5.69 Å². The lowest BCUT2D eigenvalue weighted by molar-refractivity contribution is -0.115. The first kappa shape index (κ1) is 11.0. The quantitative estimate of drug-likeness (QED) is 0.825. The Balaban J connectivity index is 2.41. The second-order valence-corrected chi connectivity index (χ2v) is 3.59. The van der Waals surface area contributed by atoms with E-state index in [1.54, 1.807) is 36.4 Å². The van der Waals surface area contributed by atoms with Gasteiger partial charge in [0.25, 0.3) is 0 Å². The molecule has 0 bridgehead atoms. The van der Waals surface area contributed by atoms with E-state index in [2.05, 4.69) is 5.32 Å². The van der Waals surface area contributed by atoms with Crippen LogP contribution in [0.15, 0.2) is 36.4 Å². The van der Waals surface area contributed by atoms with Crippen LogP contribution >= 0.6 is 0 Å². The summed E-state index contributed by atoms with van der Waals surface area (Å²) in [5, 5.41) is 22.1. The summed E-state index contributed by atoms with van der Waals surface area (Å²) >= 11 is 0. The van der Waals surface area contributed by atoms with E-state index < -0.39 is 0 Å². The number of carbonyl (C=O) groups is 1. The predicted molar refractivity (Wildman–Crippen MR) is 64.5 cm³/mol. The molecule has 2 aromatic rings. The van der Waals surface area contributed by atoms with Crippen LogP contribution in [0.3, 0.4) is 0 Å². The van der Waals surface area contributed by atoms with Gasteiger partial charge in [-0.1, -0.05) is 12.1 Å². The van der Waals surface area contributed by atoms with Crippen LogP contribution in [-0.2, 0) is 4.79 Å². The maximum absolute atomic E-state index is 11.3. The number of nitrogens with one attached hydrogen (secondary N) is 1. The fourth-order valence-corrected chi connectivity index (χ4v) is 1.65. The molecule has 0 unspecified atom stereocenters. The number of hydrogen-bond acceptors (Lipinski definition) is 3. The molecule has 0 fully saturated rings. The number of nitrogens with zero attached hydrogens (tertiary/aromatic N) is 1. The van der Waals surface area contributed by atoms with E-state index in [1.165, 1.54) is 0 Å². The second kappa shape index (κ2) is 4.54. The molecule has 0 aliphatic rings. The van der Waals surface area contributed by atoms with E-state index in [-0.39, 0.29) is 18.1 Å². The fraction of sp³-hybridized carbons (Fsp3) is 0.0769. The van der Waals surface area contributed by atoms with Gasteiger partial charge in [-0.25, -0.2) is 0 Å². The Hall–Kier alpha value is -2.54. The molecule has 1 amide bonds. The summed E-state index contributed by atoms with van der Waals surface area (Å²) in [6.07, 6.45) is -0.172. The summed E-state index contributed by atoms with van der Waals surface area (Å²) in [6, 6.07) is 12.1. The van der Waals surface area contributed by atoms with E-state index >= 15 is 0 Å². The van der Waals surface area contributed by atoms with Crippen molar-refractivity contribution in [2.24, 2.45) is 0 Å². The zero-order chi connectivity index (χ0) is 12.3.